The quantitative estimate of drug-likeness (QED) is 0.580. The highest BCUT2D eigenvalue weighted by atomic mass is 35.5. The Balaban J connectivity index is 2.83. The summed E-state index contributed by atoms with van der Waals surface area (Å²) in [5.41, 5.74) is -0.837. The predicted molar refractivity (Wildman–Crippen MR) is 63.1 cm³/mol. The third-order valence-corrected chi connectivity index (χ3v) is 2.48. The lowest BCUT2D eigenvalue weighted by molar-refractivity contribution is -0.147. The van der Waals surface area contributed by atoms with Crippen LogP contribution >= 0.6 is 11.6 Å². The molecular weight excluding hydrogens is 284 g/mol. The van der Waals surface area contributed by atoms with Gasteiger partial charge in [-0.2, -0.15) is 0 Å². The van der Waals surface area contributed by atoms with Crippen molar-refractivity contribution in [1.29, 1.82) is 0 Å². The van der Waals surface area contributed by atoms with Crippen LogP contribution in [-0.2, 0) is 14.3 Å². The van der Waals surface area contributed by atoms with E-state index in [0.29, 0.717) is 4.90 Å². The molecule has 1 unspecified atom stereocenters. The fourth-order valence-electron chi connectivity index (χ4n) is 1.69. The summed E-state index contributed by atoms with van der Waals surface area (Å²) in [6.07, 6.45) is -1.76. The van der Waals surface area contributed by atoms with Gasteiger partial charge in [-0.1, -0.05) is 11.6 Å². The van der Waals surface area contributed by atoms with Crippen LogP contribution in [0.5, 0.6) is 0 Å². The first kappa shape index (κ1) is 15.9. The number of rotatable bonds is 2. The van der Waals surface area contributed by atoms with E-state index in [-0.39, 0.29) is 0 Å². The van der Waals surface area contributed by atoms with Crippen LogP contribution < -0.4 is 0 Å². The lowest BCUT2D eigenvalue weighted by Crippen LogP contribution is -2.44. The summed E-state index contributed by atoms with van der Waals surface area (Å²) in [6.45, 7) is 3.94. The second-order valence-electron chi connectivity index (χ2n) is 5.26. The van der Waals surface area contributed by atoms with Crippen molar-refractivity contribution in [2.45, 2.75) is 44.8 Å². The van der Waals surface area contributed by atoms with E-state index in [0.717, 1.165) is 0 Å². The molecule has 0 aromatic rings. The Bertz CT molecular complexity index is 370. The molecule has 0 bridgehead atoms. The second-order valence-corrected chi connectivity index (χ2v) is 5.47. The van der Waals surface area contributed by atoms with Gasteiger partial charge in [-0.3, -0.25) is 4.90 Å². The molecule has 1 heterocycles. The number of esters is 1. The van der Waals surface area contributed by atoms with Gasteiger partial charge in [0.05, 0.1) is 6.54 Å². The molecule has 1 amide bonds. The average molecular weight is 300 g/mol. The zero-order valence-electron chi connectivity index (χ0n) is 10.9. The van der Waals surface area contributed by atoms with E-state index < -0.39 is 48.7 Å². The summed E-state index contributed by atoms with van der Waals surface area (Å²) in [5, 5.41) is 0. The molecule has 19 heavy (non-hydrogen) atoms. The topological polar surface area (TPSA) is 55.8 Å². The van der Waals surface area contributed by atoms with Crippen LogP contribution in [0.2, 0.25) is 0 Å². The van der Waals surface area contributed by atoms with E-state index in [2.05, 4.69) is 4.74 Å². The van der Waals surface area contributed by atoms with E-state index in [1.165, 1.54) is 0 Å². The fraction of sp³-hybridized carbons (Fsp3) is 0.818. The molecule has 8 heteroatoms. The normalized spacial score (nSPS) is 22.2. The predicted octanol–water partition coefficient (Wildman–Crippen LogP) is 2.37. The van der Waals surface area contributed by atoms with Gasteiger partial charge in [-0.25, -0.2) is 18.4 Å². The number of hydrogen-bond acceptors (Lipinski definition) is 4. The monoisotopic (exact) mass is 299 g/mol. The zero-order valence-corrected chi connectivity index (χ0v) is 11.7. The van der Waals surface area contributed by atoms with Gasteiger partial charge < -0.3 is 9.47 Å². The molecule has 0 aliphatic carbocycles. The number of hydrogen-bond donors (Lipinski definition) is 0. The first-order chi connectivity index (χ1) is 8.56. The minimum Gasteiger partial charge on any atom is -0.448 e. The van der Waals surface area contributed by atoms with Crippen molar-refractivity contribution in [3.63, 3.8) is 0 Å². The van der Waals surface area contributed by atoms with Crippen LogP contribution in [-0.4, -0.2) is 47.1 Å². The van der Waals surface area contributed by atoms with Crippen molar-refractivity contribution in [1.82, 2.24) is 4.90 Å². The van der Waals surface area contributed by atoms with Gasteiger partial charge in [0.2, 0.25) is 0 Å². The lowest BCUT2D eigenvalue weighted by atomic mass is 10.2. The minimum atomic E-state index is -3.15. The van der Waals surface area contributed by atoms with Gasteiger partial charge in [0, 0.05) is 6.42 Å². The van der Waals surface area contributed by atoms with Crippen LogP contribution in [0.15, 0.2) is 0 Å². The second kappa shape index (κ2) is 5.48. The number of alkyl halides is 3. The Morgan fingerprint density at radius 2 is 2.00 bits per heavy atom. The van der Waals surface area contributed by atoms with Crippen molar-refractivity contribution in [3.8, 4) is 0 Å². The van der Waals surface area contributed by atoms with Crippen molar-refractivity contribution < 1.29 is 27.8 Å². The van der Waals surface area contributed by atoms with Gasteiger partial charge in [0.25, 0.3) is 5.92 Å². The van der Waals surface area contributed by atoms with E-state index in [4.69, 9.17) is 16.3 Å². The molecule has 110 valence electrons. The summed E-state index contributed by atoms with van der Waals surface area (Å²) in [4.78, 5) is 24.0. The molecule has 1 fully saturated rings. The Kier molecular flexibility index (Phi) is 4.60. The molecule has 0 saturated carbocycles. The molecule has 1 saturated heterocycles. The molecule has 1 rings (SSSR count). The number of amides is 1. The van der Waals surface area contributed by atoms with Crippen LogP contribution in [0, 0.1) is 0 Å². The lowest BCUT2D eigenvalue weighted by Gasteiger charge is -2.27. The Hall–Kier alpha value is -1.11. The third kappa shape index (κ3) is 4.49. The van der Waals surface area contributed by atoms with E-state index in [9.17, 15) is 18.4 Å². The highest BCUT2D eigenvalue weighted by Crippen LogP contribution is 2.33. The Morgan fingerprint density at radius 1 is 1.42 bits per heavy atom. The number of carbonyl (C=O) groups excluding carboxylic acids is 2. The summed E-state index contributed by atoms with van der Waals surface area (Å²) >= 11 is 5.21. The highest BCUT2D eigenvalue weighted by Gasteiger charge is 2.51. The number of carbonyl (C=O) groups is 2. The SMILES string of the molecule is CC(C)(C)OC(=O)N1CC(F)(F)CC1C(=O)OCCl. The highest BCUT2D eigenvalue weighted by molar-refractivity contribution is 6.17. The van der Waals surface area contributed by atoms with E-state index in [1.807, 2.05) is 0 Å². The smallest absolute Gasteiger partial charge is 0.411 e. The number of likely N-dealkylation sites (tertiary alicyclic amines) is 1. The summed E-state index contributed by atoms with van der Waals surface area (Å²) in [5.74, 6) is -4.11. The fourth-order valence-corrected chi connectivity index (χ4v) is 1.80. The van der Waals surface area contributed by atoms with Crippen LogP contribution in [0.3, 0.4) is 0 Å². The molecule has 0 aromatic carbocycles. The maximum absolute atomic E-state index is 13.3. The standard InChI is InChI=1S/C11H16ClF2NO4/c1-10(2,3)19-9(17)15-5-11(13,14)4-7(15)8(16)18-6-12/h7H,4-6H2,1-3H3. The largest absolute Gasteiger partial charge is 0.448 e. The molecule has 0 spiro atoms. The first-order valence-electron chi connectivity index (χ1n) is 5.66. The molecule has 1 aliphatic rings. The average Bonchev–Trinajstić information content (AvgIpc) is 2.52. The third-order valence-electron chi connectivity index (χ3n) is 2.37. The molecule has 1 aliphatic heterocycles. The van der Waals surface area contributed by atoms with Gasteiger partial charge in [-0.15, -0.1) is 0 Å². The molecule has 1 atom stereocenters. The summed E-state index contributed by atoms with van der Waals surface area (Å²) in [7, 11) is 0. The molecule has 0 radical (unpaired) electrons. The zero-order chi connectivity index (χ0) is 14.8. The van der Waals surface area contributed by atoms with Crippen LogP contribution in [0.1, 0.15) is 27.2 Å². The van der Waals surface area contributed by atoms with Gasteiger partial charge in [0.1, 0.15) is 11.6 Å². The van der Waals surface area contributed by atoms with Crippen molar-refractivity contribution in [3.05, 3.63) is 0 Å². The van der Waals surface area contributed by atoms with Crippen molar-refractivity contribution in [2.75, 3.05) is 12.6 Å². The Morgan fingerprint density at radius 3 is 2.47 bits per heavy atom. The Labute approximate surface area is 114 Å². The molecular formula is C11H16ClF2NO4. The summed E-state index contributed by atoms with van der Waals surface area (Å²) in [6, 6.07) is -1.83. The maximum Gasteiger partial charge on any atom is 0.411 e. The van der Waals surface area contributed by atoms with Gasteiger partial charge in [0.15, 0.2) is 6.07 Å². The molecule has 5 nitrogen and oxygen atoms in total. The van der Waals surface area contributed by atoms with Crippen molar-refractivity contribution in [2.24, 2.45) is 0 Å². The van der Waals surface area contributed by atoms with Gasteiger partial charge >= 0.3 is 12.1 Å². The minimum absolute atomic E-state index is 0.455. The van der Waals surface area contributed by atoms with Gasteiger partial charge in [-0.05, 0) is 20.8 Å². The van der Waals surface area contributed by atoms with Crippen molar-refractivity contribution >= 4 is 23.7 Å². The summed E-state index contributed by atoms with van der Waals surface area (Å²) < 4.78 is 36.2. The number of ether oxygens (including phenoxy) is 2. The number of nitrogens with zero attached hydrogens (tertiary/aromatic N) is 1. The number of halogens is 3. The van der Waals surface area contributed by atoms with E-state index >= 15 is 0 Å². The molecule has 0 aromatic heterocycles. The van der Waals surface area contributed by atoms with Crippen LogP contribution in [0.4, 0.5) is 13.6 Å². The first-order valence-corrected chi connectivity index (χ1v) is 6.19. The molecule has 0 N–H and O–H groups in total. The maximum atomic E-state index is 13.3. The van der Waals surface area contributed by atoms with Crippen LogP contribution in [0.25, 0.3) is 0 Å². The van der Waals surface area contributed by atoms with E-state index in [1.54, 1.807) is 20.8 Å².